The van der Waals surface area contributed by atoms with Gasteiger partial charge < -0.3 is 15.7 Å². The highest BCUT2D eigenvalue weighted by Gasteiger charge is 2.30. The summed E-state index contributed by atoms with van der Waals surface area (Å²) in [5.74, 6) is -2.34. The van der Waals surface area contributed by atoms with E-state index in [2.05, 4.69) is 15.6 Å². The van der Waals surface area contributed by atoms with E-state index in [0.717, 1.165) is 6.07 Å². The molecule has 1 amide bonds. The van der Waals surface area contributed by atoms with Crippen molar-refractivity contribution in [2.45, 2.75) is 12.5 Å². The van der Waals surface area contributed by atoms with Crippen molar-refractivity contribution in [1.29, 1.82) is 0 Å². The maximum Gasteiger partial charge on any atom is 0.251 e. The van der Waals surface area contributed by atoms with Crippen LogP contribution in [0.2, 0.25) is 0 Å². The van der Waals surface area contributed by atoms with Crippen molar-refractivity contribution in [1.82, 2.24) is 15.6 Å². The van der Waals surface area contributed by atoms with Crippen LogP contribution < -0.4 is 10.6 Å². The Balaban J connectivity index is 1.41. The number of aromatic hydroxyl groups is 1. The molecule has 168 valence electrons. The molecule has 0 bridgehead atoms. The smallest absolute Gasteiger partial charge is 0.251 e. The second-order valence-corrected chi connectivity index (χ2v) is 7.90. The van der Waals surface area contributed by atoms with Gasteiger partial charge in [0.05, 0.1) is 5.56 Å². The van der Waals surface area contributed by atoms with E-state index in [1.165, 1.54) is 36.4 Å². The molecule has 1 saturated heterocycles. The predicted molar refractivity (Wildman–Crippen MR) is 119 cm³/mol. The zero-order chi connectivity index (χ0) is 23.4. The van der Waals surface area contributed by atoms with Gasteiger partial charge in [-0.15, -0.1) is 0 Å². The molecule has 2 aromatic carbocycles. The van der Waals surface area contributed by atoms with Crippen molar-refractivity contribution in [2.75, 3.05) is 13.1 Å². The Kier molecular flexibility index (Phi) is 6.55. The first kappa shape index (κ1) is 22.3. The number of hydrogen-bond donors (Lipinski definition) is 3. The van der Waals surface area contributed by atoms with Gasteiger partial charge in [-0.2, -0.15) is 0 Å². The molecule has 0 aliphatic carbocycles. The van der Waals surface area contributed by atoms with Gasteiger partial charge in [0.25, 0.3) is 5.91 Å². The lowest BCUT2D eigenvalue weighted by Gasteiger charge is -2.19. The first-order valence-corrected chi connectivity index (χ1v) is 10.5. The first-order valence-electron chi connectivity index (χ1n) is 10.5. The number of pyridine rings is 1. The van der Waals surface area contributed by atoms with Crippen LogP contribution in [-0.4, -0.2) is 46.7 Å². The number of halogens is 1. The molecule has 0 saturated carbocycles. The van der Waals surface area contributed by atoms with Crippen LogP contribution in [0.1, 0.15) is 43.1 Å². The predicted octanol–water partition coefficient (Wildman–Crippen LogP) is 2.75. The summed E-state index contributed by atoms with van der Waals surface area (Å²) in [7, 11) is 0. The lowest BCUT2D eigenvalue weighted by molar-refractivity contribution is 0.0902. The highest BCUT2D eigenvalue weighted by molar-refractivity contribution is 6.11. The third kappa shape index (κ3) is 4.96. The molecule has 2 heterocycles. The number of nitrogens with one attached hydrogen (secondary N) is 2. The van der Waals surface area contributed by atoms with E-state index in [0.29, 0.717) is 24.2 Å². The van der Waals surface area contributed by atoms with Gasteiger partial charge in [-0.25, -0.2) is 4.39 Å². The Morgan fingerprint density at radius 3 is 2.36 bits per heavy atom. The van der Waals surface area contributed by atoms with E-state index in [-0.39, 0.29) is 35.6 Å². The van der Waals surface area contributed by atoms with E-state index < -0.39 is 22.9 Å². The summed E-state index contributed by atoms with van der Waals surface area (Å²) in [6.45, 7) is 1.16. The van der Waals surface area contributed by atoms with Crippen molar-refractivity contribution in [3.8, 4) is 5.75 Å². The van der Waals surface area contributed by atoms with Gasteiger partial charge >= 0.3 is 0 Å². The Morgan fingerprint density at radius 1 is 0.970 bits per heavy atom. The number of aromatic nitrogens is 1. The Hall–Kier alpha value is -3.91. The van der Waals surface area contributed by atoms with Crippen LogP contribution >= 0.6 is 0 Å². The van der Waals surface area contributed by atoms with Crippen molar-refractivity contribution in [2.24, 2.45) is 5.92 Å². The molecule has 33 heavy (non-hydrogen) atoms. The van der Waals surface area contributed by atoms with Gasteiger partial charge in [0, 0.05) is 60.6 Å². The molecule has 1 fully saturated rings. The molecule has 2 atom stereocenters. The molecule has 0 unspecified atom stereocenters. The number of nitrogens with zero attached hydrogens (tertiary/aromatic N) is 1. The molecule has 1 aliphatic heterocycles. The number of amides is 1. The van der Waals surface area contributed by atoms with Crippen LogP contribution in [0, 0.1) is 11.7 Å². The summed E-state index contributed by atoms with van der Waals surface area (Å²) < 4.78 is 14.0. The number of benzene rings is 2. The SMILES string of the molecule is O=C(C[C@@H]1CNC[C@H]1NC(=O)c1ccncc1)c1ccc(C(=O)c2c(O)cccc2F)cc1. The quantitative estimate of drug-likeness (QED) is 0.481. The van der Waals surface area contributed by atoms with E-state index in [9.17, 15) is 23.9 Å². The van der Waals surface area contributed by atoms with Gasteiger partial charge in [-0.1, -0.05) is 30.3 Å². The summed E-state index contributed by atoms with van der Waals surface area (Å²) >= 11 is 0. The van der Waals surface area contributed by atoms with Crippen molar-refractivity contribution >= 4 is 17.5 Å². The molecular weight excluding hydrogens is 425 g/mol. The average Bonchev–Trinajstić information content (AvgIpc) is 3.25. The number of carbonyl (C=O) groups is 3. The van der Waals surface area contributed by atoms with Crippen molar-refractivity contribution in [3.05, 3.63) is 95.1 Å². The lowest BCUT2D eigenvalue weighted by atomic mass is 9.93. The van der Waals surface area contributed by atoms with E-state index in [1.54, 1.807) is 24.5 Å². The highest BCUT2D eigenvalue weighted by Crippen LogP contribution is 2.24. The zero-order valence-electron chi connectivity index (χ0n) is 17.6. The number of carbonyl (C=O) groups excluding carboxylic acids is 3. The van der Waals surface area contributed by atoms with Gasteiger partial charge in [0.2, 0.25) is 0 Å². The molecule has 0 radical (unpaired) electrons. The summed E-state index contributed by atoms with van der Waals surface area (Å²) in [5.41, 5.74) is 0.678. The number of hydrogen-bond acceptors (Lipinski definition) is 6. The molecule has 1 aromatic heterocycles. The third-order valence-electron chi connectivity index (χ3n) is 5.73. The Morgan fingerprint density at radius 2 is 1.67 bits per heavy atom. The summed E-state index contributed by atoms with van der Waals surface area (Å²) in [4.78, 5) is 41.7. The lowest BCUT2D eigenvalue weighted by Crippen LogP contribution is -2.41. The maximum absolute atomic E-state index is 14.0. The van der Waals surface area contributed by atoms with Crippen LogP contribution in [0.5, 0.6) is 5.75 Å². The largest absolute Gasteiger partial charge is 0.507 e. The van der Waals surface area contributed by atoms with Crippen molar-refractivity contribution < 1.29 is 23.9 Å². The molecular formula is C25H22FN3O4. The summed E-state index contributed by atoms with van der Waals surface area (Å²) in [6.07, 6.45) is 3.31. The van der Waals surface area contributed by atoms with E-state index >= 15 is 0 Å². The molecule has 3 N–H and O–H groups in total. The van der Waals surface area contributed by atoms with Crippen molar-refractivity contribution in [3.63, 3.8) is 0 Å². The number of rotatable bonds is 7. The second kappa shape index (κ2) is 9.70. The molecule has 4 rings (SSSR count). The topological polar surface area (TPSA) is 108 Å². The minimum absolute atomic E-state index is 0.0834. The minimum Gasteiger partial charge on any atom is -0.507 e. The summed E-state index contributed by atoms with van der Waals surface area (Å²) in [5, 5.41) is 16.0. The highest BCUT2D eigenvalue weighted by atomic mass is 19.1. The van der Waals surface area contributed by atoms with E-state index in [1.807, 2.05) is 0 Å². The average molecular weight is 447 g/mol. The fourth-order valence-corrected chi connectivity index (χ4v) is 3.92. The zero-order valence-corrected chi connectivity index (χ0v) is 17.6. The number of ketones is 2. The minimum atomic E-state index is -0.811. The fraction of sp³-hybridized carbons (Fsp3) is 0.200. The maximum atomic E-state index is 14.0. The van der Waals surface area contributed by atoms with Gasteiger partial charge in [0.15, 0.2) is 11.6 Å². The number of phenols is 1. The number of phenolic OH excluding ortho intramolecular Hbond substituents is 1. The molecule has 7 nitrogen and oxygen atoms in total. The van der Waals surface area contributed by atoms with Crippen LogP contribution in [0.4, 0.5) is 4.39 Å². The normalized spacial score (nSPS) is 17.5. The Labute approximate surface area is 189 Å². The molecule has 1 aliphatic rings. The van der Waals surface area contributed by atoms with Gasteiger partial charge in [-0.3, -0.25) is 19.4 Å². The van der Waals surface area contributed by atoms with Crippen LogP contribution in [-0.2, 0) is 0 Å². The first-order chi connectivity index (χ1) is 15.9. The molecule has 0 spiro atoms. The molecule has 8 heteroatoms. The van der Waals surface area contributed by atoms with Gasteiger partial charge in [0.1, 0.15) is 11.6 Å². The molecule has 3 aromatic rings. The third-order valence-corrected chi connectivity index (χ3v) is 5.73. The van der Waals surface area contributed by atoms with Crippen LogP contribution in [0.3, 0.4) is 0 Å². The van der Waals surface area contributed by atoms with Crippen LogP contribution in [0.15, 0.2) is 67.0 Å². The number of Topliss-reactive ketones (excluding diaryl/α,β-unsaturated/α-hetero) is 1. The monoisotopic (exact) mass is 447 g/mol. The second-order valence-electron chi connectivity index (χ2n) is 7.90. The standard InChI is InChI=1S/C25H22FN3O4/c26-19-2-1-3-21(30)23(19)24(32)16-6-4-15(5-7-16)22(31)12-18-13-28-14-20(18)29-25(33)17-8-10-27-11-9-17/h1-11,18,20,28,30H,12-14H2,(H,29,33)/t18-,20-/m1/s1. The fourth-order valence-electron chi connectivity index (χ4n) is 3.92. The van der Waals surface area contributed by atoms with Gasteiger partial charge in [-0.05, 0) is 24.3 Å². The Bertz CT molecular complexity index is 1160. The summed E-state index contributed by atoms with van der Waals surface area (Å²) in [6, 6.07) is 12.6. The van der Waals surface area contributed by atoms with Crippen LogP contribution in [0.25, 0.3) is 0 Å². The van der Waals surface area contributed by atoms with E-state index in [4.69, 9.17) is 0 Å².